The molecule has 4 rings (SSSR count). The number of carbonyl (C=O) groups is 1. The molecule has 0 N–H and O–H groups in total. The van der Waals surface area contributed by atoms with Crippen LogP contribution in [0.25, 0.3) is 5.69 Å². The Morgan fingerprint density at radius 2 is 1.93 bits per heavy atom. The predicted molar refractivity (Wildman–Crippen MR) is 104 cm³/mol. The molecule has 2 heterocycles. The van der Waals surface area contributed by atoms with Gasteiger partial charge >= 0.3 is 0 Å². The zero-order chi connectivity index (χ0) is 18.6. The van der Waals surface area contributed by atoms with Crippen molar-refractivity contribution in [2.45, 2.75) is 25.8 Å². The molecule has 0 aliphatic carbocycles. The summed E-state index contributed by atoms with van der Waals surface area (Å²) in [6.45, 7) is 3.42. The fourth-order valence-electron chi connectivity index (χ4n) is 3.65. The quantitative estimate of drug-likeness (QED) is 0.683. The Morgan fingerprint density at radius 1 is 1.15 bits per heavy atom. The van der Waals surface area contributed by atoms with Crippen LogP contribution >= 0.6 is 0 Å². The minimum Gasteiger partial charge on any atom is -0.494 e. The lowest BCUT2D eigenvalue weighted by Gasteiger charge is -2.25. The van der Waals surface area contributed by atoms with Crippen LogP contribution in [0.5, 0.6) is 5.75 Å². The molecule has 0 bridgehead atoms. The highest BCUT2D eigenvalue weighted by Gasteiger charge is 2.30. The minimum atomic E-state index is 0.0819. The Labute approximate surface area is 159 Å². The largest absolute Gasteiger partial charge is 0.494 e. The number of carbonyl (C=O) groups excluding carboxylic acids is 1. The Morgan fingerprint density at radius 3 is 2.59 bits per heavy atom. The van der Waals surface area contributed by atoms with Crippen LogP contribution in [-0.4, -0.2) is 33.7 Å². The smallest absolute Gasteiger partial charge is 0.254 e. The summed E-state index contributed by atoms with van der Waals surface area (Å²) in [5.41, 5.74) is 2.82. The highest BCUT2D eigenvalue weighted by Crippen LogP contribution is 2.34. The van der Waals surface area contributed by atoms with Crippen molar-refractivity contribution in [3.05, 3.63) is 78.1 Å². The van der Waals surface area contributed by atoms with E-state index in [-0.39, 0.29) is 11.9 Å². The van der Waals surface area contributed by atoms with Gasteiger partial charge in [0.2, 0.25) is 0 Å². The number of nitrogens with zero attached hydrogens (tertiary/aromatic N) is 3. The van der Waals surface area contributed by atoms with Crippen molar-refractivity contribution in [3.63, 3.8) is 0 Å². The van der Waals surface area contributed by atoms with Gasteiger partial charge in [0.15, 0.2) is 0 Å². The van der Waals surface area contributed by atoms with Crippen LogP contribution in [0.1, 0.15) is 41.7 Å². The topological polar surface area (TPSA) is 47.4 Å². The average molecular weight is 361 g/mol. The van der Waals surface area contributed by atoms with Crippen molar-refractivity contribution in [1.82, 2.24) is 14.7 Å². The molecular formula is C22H23N3O2. The van der Waals surface area contributed by atoms with Crippen molar-refractivity contribution >= 4 is 5.91 Å². The molecule has 5 heteroatoms. The van der Waals surface area contributed by atoms with E-state index in [0.29, 0.717) is 12.2 Å². The van der Waals surface area contributed by atoms with Gasteiger partial charge in [-0.15, -0.1) is 0 Å². The van der Waals surface area contributed by atoms with Crippen LogP contribution in [0.2, 0.25) is 0 Å². The first-order chi connectivity index (χ1) is 13.3. The van der Waals surface area contributed by atoms with E-state index in [9.17, 15) is 4.79 Å². The Balaban J connectivity index is 1.52. The molecule has 1 amide bonds. The molecule has 0 spiro atoms. The molecule has 1 unspecified atom stereocenters. The third kappa shape index (κ3) is 3.58. The van der Waals surface area contributed by atoms with E-state index in [1.54, 1.807) is 10.9 Å². The van der Waals surface area contributed by atoms with Gasteiger partial charge in [-0.05, 0) is 67.8 Å². The van der Waals surface area contributed by atoms with Gasteiger partial charge in [0.1, 0.15) is 5.75 Å². The van der Waals surface area contributed by atoms with E-state index >= 15 is 0 Å². The molecule has 3 aromatic rings. The molecular weight excluding hydrogens is 338 g/mol. The van der Waals surface area contributed by atoms with Crippen LogP contribution in [0, 0.1) is 0 Å². The maximum absolute atomic E-state index is 13.1. The number of rotatable bonds is 5. The molecule has 0 radical (unpaired) electrons. The third-order valence-electron chi connectivity index (χ3n) is 4.97. The van der Waals surface area contributed by atoms with Crippen molar-refractivity contribution in [1.29, 1.82) is 0 Å². The van der Waals surface area contributed by atoms with Gasteiger partial charge in [0, 0.05) is 24.5 Å². The Kier molecular flexibility index (Phi) is 4.92. The summed E-state index contributed by atoms with van der Waals surface area (Å²) in [5, 5.41) is 4.22. The molecule has 1 aromatic heterocycles. The summed E-state index contributed by atoms with van der Waals surface area (Å²) in [4.78, 5) is 15.1. The predicted octanol–water partition coefficient (Wildman–Crippen LogP) is 4.25. The van der Waals surface area contributed by atoms with E-state index in [1.807, 2.05) is 60.5 Å². The Hall–Kier alpha value is -3.08. The van der Waals surface area contributed by atoms with E-state index < -0.39 is 0 Å². The second kappa shape index (κ2) is 7.66. The number of ether oxygens (including phenoxy) is 1. The van der Waals surface area contributed by atoms with E-state index in [1.165, 1.54) is 0 Å². The maximum Gasteiger partial charge on any atom is 0.254 e. The number of hydrogen-bond acceptors (Lipinski definition) is 3. The summed E-state index contributed by atoms with van der Waals surface area (Å²) in [5.74, 6) is 0.949. The van der Waals surface area contributed by atoms with Crippen molar-refractivity contribution in [2.24, 2.45) is 0 Å². The summed E-state index contributed by atoms with van der Waals surface area (Å²) in [6.07, 6.45) is 5.64. The number of aromatic nitrogens is 2. The monoisotopic (exact) mass is 361 g/mol. The lowest BCUT2D eigenvalue weighted by atomic mass is 10.0. The van der Waals surface area contributed by atoms with Crippen LogP contribution in [0.15, 0.2) is 67.0 Å². The normalized spacial score (nSPS) is 16.5. The fraction of sp³-hybridized carbons (Fsp3) is 0.273. The van der Waals surface area contributed by atoms with Crippen molar-refractivity contribution in [3.8, 4) is 11.4 Å². The van der Waals surface area contributed by atoms with Gasteiger partial charge in [0.05, 0.1) is 18.3 Å². The molecule has 27 heavy (non-hydrogen) atoms. The molecule has 1 atom stereocenters. The van der Waals surface area contributed by atoms with Gasteiger partial charge in [-0.25, -0.2) is 4.68 Å². The van der Waals surface area contributed by atoms with E-state index in [2.05, 4.69) is 17.2 Å². The van der Waals surface area contributed by atoms with Crippen molar-refractivity contribution in [2.75, 3.05) is 13.2 Å². The first-order valence-corrected chi connectivity index (χ1v) is 9.40. The second-order valence-corrected chi connectivity index (χ2v) is 6.66. The van der Waals surface area contributed by atoms with Gasteiger partial charge in [-0.3, -0.25) is 4.79 Å². The second-order valence-electron chi connectivity index (χ2n) is 6.66. The maximum atomic E-state index is 13.1. The minimum absolute atomic E-state index is 0.0819. The van der Waals surface area contributed by atoms with Crippen LogP contribution in [-0.2, 0) is 0 Å². The fourth-order valence-corrected chi connectivity index (χ4v) is 3.65. The number of benzene rings is 2. The number of hydrogen-bond donors (Lipinski definition) is 0. The van der Waals surface area contributed by atoms with Crippen molar-refractivity contribution < 1.29 is 9.53 Å². The highest BCUT2D eigenvalue weighted by molar-refractivity contribution is 5.94. The van der Waals surface area contributed by atoms with Crippen LogP contribution in [0.4, 0.5) is 0 Å². The summed E-state index contributed by atoms with van der Waals surface area (Å²) in [6, 6.07) is 17.7. The molecule has 2 aromatic carbocycles. The zero-order valence-corrected chi connectivity index (χ0v) is 15.4. The molecule has 0 saturated carbocycles. The van der Waals surface area contributed by atoms with Gasteiger partial charge in [-0.1, -0.05) is 12.1 Å². The number of amides is 1. The van der Waals surface area contributed by atoms with Crippen LogP contribution < -0.4 is 4.74 Å². The van der Waals surface area contributed by atoms with Crippen LogP contribution in [0.3, 0.4) is 0 Å². The average Bonchev–Trinajstić information content (AvgIpc) is 3.41. The first-order valence-electron chi connectivity index (χ1n) is 9.40. The van der Waals surface area contributed by atoms with Gasteiger partial charge in [0.25, 0.3) is 5.91 Å². The van der Waals surface area contributed by atoms with Gasteiger partial charge < -0.3 is 9.64 Å². The van der Waals surface area contributed by atoms with E-state index in [0.717, 1.165) is 36.4 Å². The summed E-state index contributed by atoms with van der Waals surface area (Å²) < 4.78 is 7.31. The molecule has 138 valence electrons. The molecule has 5 nitrogen and oxygen atoms in total. The molecule has 1 aliphatic heterocycles. The standard InChI is InChI=1S/C22H23N3O2/c1-2-27-20-12-8-17(9-13-20)21-5-3-15-24(21)22(26)18-6-10-19(11-7-18)25-16-4-14-23-25/h4,6-14,16,21H,2-3,5,15H2,1H3. The summed E-state index contributed by atoms with van der Waals surface area (Å²) in [7, 11) is 0. The molecule has 1 saturated heterocycles. The molecule has 1 fully saturated rings. The van der Waals surface area contributed by atoms with Gasteiger partial charge in [-0.2, -0.15) is 5.10 Å². The zero-order valence-electron chi connectivity index (χ0n) is 15.4. The lowest BCUT2D eigenvalue weighted by Crippen LogP contribution is -2.30. The lowest BCUT2D eigenvalue weighted by molar-refractivity contribution is 0.0735. The third-order valence-corrected chi connectivity index (χ3v) is 4.97. The Bertz CT molecular complexity index is 886. The SMILES string of the molecule is CCOc1ccc(C2CCCN2C(=O)c2ccc(-n3cccn3)cc2)cc1. The summed E-state index contributed by atoms with van der Waals surface area (Å²) >= 11 is 0. The first kappa shape index (κ1) is 17.3. The van der Waals surface area contributed by atoms with E-state index in [4.69, 9.17) is 4.74 Å². The molecule has 1 aliphatic rings. The number of likely N-dealkylation sites (tertiary alicyclic amines) is 1. The highest BCUT2D eigenvalue weighted by atomic mass is 16.5.